The monoisotopic (exact) mass is 443 g/mol. The molecule has 1 aromatic heterocycles. The van der Waals surface area contributed by atoms with E-state index in [2.05, 4.69) is 10.3 Å². The summed E-state index contributed by atoms with van der Waals surface area (Å²) in [6.07, 6.45) is 0. The number of nitrogens with zero attached hydrogens (tertiary/aromatic N) is 2. The van der Waals surface area contributed by atoms with Gasteiger partial charge in [0.05, 0.1) is 5.69 Å². The quantitative estimate of drug-likeness (QED) is 0.590. The van der Waals surface area contributed by atoms with Gasteiger partial charge in [0.1, 0.15) is 22.2 Å². The van der Waals surface area contributed by atoms with E-state index in [4.69, 9.17) is 16.3 Å². The van der Waals surface area contributed by atoms with Crippen molar-refractivity contribution in [1.82, 2.24) is 15.2 Å². The van der Waals surface area contributed by atoms with Gasteiger partial charge >= 0.3 is 0 Å². The summed E-state index contributed by atoms with van der Waals surface area (Å²) < 4.78 is 5.72. The minimum absolute atomic E-state index is 0.0990. The third-order valence-electron chi connectivity index (χ3n) is 4.42. The van der Waals surface area contributed by atoms with E-state index in [1.807, 2.05) is 19.1 Å². The van der Waals surface area contributed by atoms with Crippen molar-refractivity contribution in [3.63, 3.8) is 0 Å². The smallest absolute Gasteiger partial charge is 0.265 e. The second kappa shape index (κ2) is 9.73. The SMILES string of the molecule is CNC(=O)c1ccc(CN(C)C(=O)c2sc(COc3ccc(Cl)cc3)nc2C)cc1. The third-order valence-corrected chi connectivity index (χ3v) is 5.79. The lowest BCUT2D eigenvalue weighted by atomic mass is 10.1. The maximum Gasteiger partial charge on any atom is 0.265 e. The summed E-state index contributed by atoms with van der Waals surface area (Å²) in [6, 6.07) is 14.3. The maximum absolute atomic E-state index is 12.9. The van der Waals surface area contributed by atoms with E-state index in [0.717, 1.165) is 10.6 Å². The lowest BCUT2D eigenvalue weighted by Gasteiger charge is -2.16. The van der Waals surface area contributed by atoms with Crippen LogP contribution in [0, 0.1) is 6.92 Å². The summed E-state index contributed by atoms with van der Waals surface area (Å²) in [5, 5.41) is 3.96. The molecule has 0 aliphatic carbocycles. The first-order valence-electron chi connectivity index (χ1n) is 9.28. The molecule has 1 N–H and O–H groups in total. The van der Waals surface area contributed by atoms with Gasteiger partial charge < -0.3 is 15.0 Å². The molecule has 6 nitrogen and oxygen atoms in total. The average molecular weight is 444 g/mol. The van der Waals surface area contributed by atoms with Crippen molar-refractivity contribution in [2.75, 3.05) is 14.1 Å². The van der Waals surface area contributed by atoms with Crippen LogP contribution in [0.5, 0.6) is 5.75 Å². The van der Waals surface area contributed by atoms with E-state index >= 15 is 0 Å². The lowest BCUT2D eigenvalue weighted by Crippen LogP contribution is -2.26. The van der Waals surface area contributed by atoms with Crippen LogP contribution in [-0.4, -0.2) is 35.8 Å². The lowest BCUT2D eigenvalue weighted by molar-refractivity contribution is 0.0788. The highest BCUT2D eigenvalue weighted by molar-refractivity contribution is 7.13. The summed E-state index contributed by atoms with van der Waals surface area (Å²) in [4.78, 5) is 31.2. The molecular formula is C22H22ClN3O3S. The van der Waals surface area contributed by atoms with Gasteiger partial charge in [-0.3, -0.25) is 9.59 Å². The van der Waals surface area contributed by atoms with E-state index in [0.29, 0.717) is 33.5 Å². The molecule has 1 heterocycles. The van der Waals surface area contributed by atoms with Gasteiger partial charge in [-0.15, -0.1) is 11.3 Å². The van der Waals surface area contributed by atoms with E-state index in [1.54, 1.807) is 55.4 Å². The highest BCUT2D eigenvalue weighted by Crippen LogP contribution is 2.23. The van der Waals surface area contributed by atoms with Gasteiger partial charge in [-0.2, -0.15) is 0 Å². The number of nitrogens with one attached hydrogen (secondary N) is 1. The standard InChI is InChI=1S/C22H22ClN3O3S/c1-14-20(30-19(25-14)13-29-18-10-8-17(23)9-11-18)22(28)26(3)12-15-4-6-16(7-5-15)21(27)24-2/h4-11H,12-13H2,1-3H3,(H,24,27). The molecule has 0 saturated heterocycles. The number of ether oxygens (including phenoxy) is 1. The van der Waals surface area contributed by atoms with E-state index in [-0.39, 0.29) is 18.4 Å². The zero-order chi connectivity index (χ0) is 21.7. The molecule has 2 aromatic carbocycles. The molecule has 0 aliphatic rings. The Kier molecular flexibility index (Phi) is 7.07. The van der Waals surface area contributed by atoms with Crippen molar-refractivity contribution in [3.8, 4) is 5.75 Å². The van der Waals surface area contributed by atoms with Crippen LogP contribution < -0.4 is 10.1 Å². The van der Waals surface area contributed by atoms with E-state index in [9.17, 15) is 9.59 Å². The average Bonchev–Trinajstić information content (AvgIpc) is 3.13. The second-order valence-electron chi connectivity index (χ2n) is 6.70. The van der Waals surface area contributed by atoms with E-state index < -0.39 is 0 Å². The first-order chi connectivity index (χ1) is 14.4. The van der Waals surface area contributed by atoms with Crippen LogP contribution in [0.1, 0.15) is 36.3 Å². The molecule has 0 saturated carbocycles. The van der Waals surface area contributed by atoms with Crippen LogP contribution >= 0.6 is 22.9 Å². The summed E-state index contributed by atoms with van der Waals surface area (Å²) in [5.41, 5.74) is 2.20. The van der Waals surface area contributed by atoms with Crippen LogP contribution in [0.3, 0.4) is 0 Å². The first-order valence-corrected chi connectivity index (χ1v) is 10.5. The Morgan fingerprint density at radius 2 is 1.80 bits per heavy atom. The maximum atomic E-state index is 12.9. The number of aryl methyl sites for hydroxylation is 1. The Morgan fingerprint density at radius 3 is 2.43 bits per heavy atom. The molecular weight excluding hydrogens is 422 g/mol. The Bertz CT molecular complexity index is 1030. The predicted octanol–water partition coefficient (Wildman–Crippen LogP) is 4.32. The highest BCUT2D eigenvalue weighted by Gasteiger charge is 2.19. The van der Waals surface area contributed by atoms with Crippen molar-refractivity contribution in [3.05, 3.63) is 80.3 Å². The van der Waals surface area contributed by atoms with Gasteiger partial charge in [-0.1, -0.05) is 23.7 Å². The van der Waals surface area contributed by atoms with Crippen LogP contribution in [0.2, 0.25) is 5.02 Å². The molecule has 156 valence electrons. The largest absolute Gasteiger partial charge is 0.486 e. The van der Waals surface area contributed by atoms with Gasteiger partial charge in [-0.05, 0) is 48.9 Å². The molecule has 0 fully saturated rings. The van der Waals surface area contributed by atoms with Gasteiger partial charge in [0.15, 0.2) is 0 Å². The number of amides is 2. The van der Waals surface area contributed by atoms with Gasteiger partial charge in [0, 0.05) is 31.2 Å². The fraction of sp³-hybridized carbons (Fsp3) is 0.227. The fourth-order valence-corrected chi connectivity index (χ4v) is 3.91. The molecule has 3 aromatic rings. The minimum atomic E-state index is -0.139. The van der Waals surface area contributed by atoms with Crippen molar-refractivity contribution >= 4 is 34.8 Å². The zero-order valence-corrected chi connectivity index (χ0v) is 18.5. The normalized spacial score (nSPS) is 10.5. The molecule has 0 radical (unpaired) electrons. The number of hydrogen-bond acceptors (Lipinski definition) is 5. The number of carbonyl (C=O) groups excluding carboxylic acids is 2. The van der Waals surface area contributed by atoms with E-state index in [1.165, 1.54) is 11.3 Å². The first kappa shape index (κ1) is 21.8. The molecule has 0 bridgehead atoms. The number of carbonyl (C=O) groups is 2. The Hall–Kier alpha value is -2.90. The number of hydrogen-bond donors (Lipinski definition) is 1. The summed E-state index contributed by atoms with van der Waals surface area (Å²) in [6.45, 7) is 2.54. The van der Waals surface area contributed by atoms with Crippen LogP contribution in [0.25, 0.3) is 0 Å². The molecule has 2 amide bonds. The fourth-order valence-electron chi connectivity index (χ4n) is 2.81. The molecule has 3 rings (SSSR count). The second-order valence-corrected chi connectivity index (χ2v) is 8.22. The summed E-state index contributed by atoms with van der Waals surface area (Å²) in [5.74, 6) is 0.454. The number of halogens is 1. The van der Waals surface area contributed by atoms with Crippen molar-refractivity contribution in [2.45, 2.75) is 20.1 Å². The Balaban J connectivity index is 1.62. The van der Waals surface area contributed by atoms with Crippen molar-refractivity contribution in [2.24, 2.45) is 0 Å². The summed E-state index contributed by atoms with van der Waals surface area (Å²) >= 11 is 7.21. The predicted molar refractivity (Wildman–Crippen MR) is 118 cm³/mol. The van der Waals surface area contributed by atoms with Gasteiger partial charge in [-0.25, -0.2) is 4.98 Å². The number of benzene rings is 2. The molecule has 0 aliphatic heterocycles. The minimum Gasteiger partial charge on any atom is -0.486 e. The molecule has 0 unspecified atom stereocenters. The molecule has 30 heavy (non-hydrogen) atoms. The number of rotatable bonds is 7. The third kappa shape index (κ3) is 5.37. The summed E-state index contributed by atoms with van der Waals surface area (Å²) in [7, 11) is 3.34. The molecule has 0 atom stereocenters. The number of thiazole rings is 1. The number of aromatic nitrogens is 1. The zero-order valence-electron chi connectivity index (χ0n) is 16.9. The molecule has 8 heteroatoms. The Morgan fingerprint density at radius 1 is 1.13 bits per heavy atom. The van der Waals surface area contributed by atoms with Crippen molar-refractivity contribution < 1.29 is 14.3 Å². The van der Waals surface area contributed by atoms with Gasteiger partial charge in [0.25, 0.3) is 11.8 Å². The van der Waals surface area contributed by atoms with Crippen LogP contribution in [0.15, 0.2) is 48.5 Å². The Labute approximate surface area is 184 Å². The van der Waals surface area contributed by atoms with Gasteiger partial charge in [0.2, 0.25) is 0 Å². The van der Waals surface area contributed by atoms with Crippen molar-refractivity contribution in [1.29, 1.82) is 0 Å². The topological polar surface area (TPSA) is 71.5 Å². The van der Waals surface area contributed by atoms with Crippen LogP contribution in [0.4, 0.5) is 0 Å². The molecule has 0 spiro atoms. The highest BCUT2D eigenvalue weighted by atomic mass is 35.5. The van der Waals surface area contributed by atoms with Crippen LogP contribution in [-0.2, 0) is 13.2 Å².